The standard InChI is InChI=1S/C23H38/c1-6-17-8-10-20-19-9-7-18-13-15(2)16(3)14-23(18,5)21(19)11-12-22(17,20)4/h6,15-16,18-21H,7-14H2,1-5H3/t15-,16-,18-,19-,20-,21-,22+,23-/m0/s1. The van der Waals surface area contributed by atoms with Crippen molar-refractivity contribution in [2.75, 3.05) is 0 Å². The van der Waals surface area contributed by atoms with Crippen LogP contribution in [0.15, 0.2) is 11.6 Å². The maximum absolute atomic E-state index is 2.71. The van der Waals surface area contributed by atoms with E-state index in [2.05, 4.69) is 40.7 Å². The normalized spacial score (nSPS) is 57.7. The van der Waals surface area contributed by atoms with Crippen LogP contribution in [0.2, 0.25) is 0 Å². The number of allylic oxidation sites excluding steroid dienone is 2. The van der Waals surface area contributed by atoms with Gasteiger partial charge in [0.05, 0.1) is 0 Å². The molecule has 0 aromatic carbocycles. The molecule has 0 bridgehead atoms. The van der Waals surface area contributed by atoms with Crippen LogP contribution in [0, 0.1) is 46.3 Å². The molecule has 0 heteroatoms. The van der Waals surface area contributed by atoms with Gasteiger partial charge in [0.25, 0.3) is 0 Å². The van der Waals surface area contributed by atoms with Crippen LogP contribution in [0.4, 0.5) is 0 Å². The number of hydrogen-bond donors (Lipinski definition) is 0. The van der Waals surface area contributed by atoms with E-state index >= 15 is 0 Å². The molecule has 0 heterocycles. The molecule has 0 radical (unpaired) electrons. The van der Waals surface area contributed by atoms with Crippen LogP contribution in [0.1, 0.15) is 86.0 Å². The molecule has 4 fully saturated rings. The lowest BCUT2D eigenvalue weighted by molar-refractivity contribution is -0.116. The third-order valence-corrected chi connectivity index (χ3v) is 9.65. The molecule has 8 atom stereocenters. The minimum Gasteiger partial charge on any atom is -0.0879 e. The highest BCUT2D eigenvalue weighted by molar-refractivity contribution is 5.23. The third kappa shape index (κ3) is 2.15. The van der Waals surface area contributed by atoms with Crippen molar-refractivity contribution < 1.29 is 0 Å². The average Bonchev–Trinajstić information content (AvgIpc) is 2.85. The van der Waals surface area contributed by atoms with E-state index < -0.39 is 0 Å². The first-order chi connectivity index (χ1) is 10.9. The summed E-state index contributed by atoms with van der Waals surface area (Å²) in [7, 11) is 0. The fraction of sp³-hybridized carbons (Fsp3) is 0.913. The molecule has 0 aromatic rings. The van der Waals surface area contributed by atoms with Crippen molar-refractivity contribution >= 4 is 0 Å². The molecular weight excluding hydrogens is 276 g/mol. The van der Waals surface area contributed by atoms with E-state index in [-0.39, 0.29) is 0 Å². The summed E-state index contributed by atoms with van der Waals surface area (Å²) >= 11 is 0. The molecule has 4 saturated carbocycles. The molecule has 4 aliphatic rings. The summed E-state index contributed by atoms with van der Waals surface area (Å²) < 4.78 is 0. The topological polar surface area (TPSA) is 0 Å². The Morgan fingerprint density at radius 1 is 0.957 bits per heavy atom. The van der Waals surface area contributed by atoms with E-state index in [4.69, 9.17) is 0 Å². The molecule has 4 aliphatic carbocycles. The fourth-order valence-corrected chi connectivity index (χ4v) is 8.14. The Balaban J connectivity index is 1.64. The molecule has 0 aliphatic heterocycles. The molecule has 0 amide bonds. The van der Waals surface area contributed by atoms with Crippen LogP contribution in [0.5, 0.6) is 0 Å². The highest BCUT2D eigenvalue weighted by Crippen LogP contribution is 2.68. The lowest BCUT2D eigenvalue weighted by Gasteiger charge is -2.61. The fourth-order valence-electron chi connectivity index (χ4n) is 8.14. The van der Waals surface area contributed by atoms with E-state index in [1.54, 1.807) is 12.0 Å². The molecule has 23 heavy (non-hydrogen) atoms. The molecule has 0 unspecified atom stereocenters. The van der Waals surface area contributed by atoms with Crippen LogP contribution in [0.3, 0.4) is 0 Å². The quantitative estimate of drug-likeness (QED) is 0.428. The van der Waals surface area contributed by atoms with Crippen molar-refractivity contribution in [2.45, 2.75) is 86.0 Å². The van der Waals surface area contributed by atoms with Crippen LogP contribution in [-0.4, -0.2) is 0 Å². The Morgan fingerprint density at radius 2 is 1.74 bits per heavy atom. The number of fused-ring (bicyclic) bond motifs is 5. The average molecular weight is 315 g/mol. The highest BCUT2D eigenvalue weighted by atomic mass is 14.6. The number of hydrogen-bond acceptors (Lipinski definition) is 0. The maximum atomic E-state index is 2.71. The lowest BCUT2D eigenvalue weighted by atomic mass is 9.43. The van der Waals surface area contributed by atoms with E-state index in [9.17, 15) is 0 Å². The van der Waals surface area contributed by atoms with E-state index in [0.29, 0.717) is 10.8 Å². The first kappa shape index (κ1) is 16.2. The molecule has 4 rings (SSSR count). The zero-order chi connectivity index (χ0) is 16.4. The minimum absolute atomic E-state index is 0.562. The highest BCUT2D eigenvalue weighted by Gasteiger charge is 2.59. The van der Waals surface area contributed by atoms with Gasteiger partial charge in [-0.3, -0.25) is 0 Å². The van der Waals surface area contributed by atoms with Gasteiger partial charge in [-0.15, -0.1) is 0 Å². The first-order valence-electron chi connectivity index (χ1n) is 10.6. The van der Waals surface area contributed by atoms with Crippen molar-refractivity contribution in [1.29, 1.82) is 0 Å². The Morgan fingerprint density at radius 3 is 2.48 bits per heavy atom. The van der Waals surface area contributed by atoms with Crippen molar-refractivity contribution in [2.24, 2.45) is 46.3 Å². The van der Waals surface area contributed by atoms with Crippen molar-refractivity contribution in [3.05, 3.63) is 11.6 Å². The molecule has 130 valence electrons. The zero-order valence-electron chi connectivity index (χ0n) is 16.2. The largest absolute Gasteiger partial charge is 0.0879 e. The summed E-state index contributed by atoms with van der Waals surface area (Å²) in [6.45, 7) is 12.7. The summed E-state index contributed by atoms with van der Waals surface area (Å²) in [6, 6.07) is 0. The second-order valence-corrected chi connectivity index (χ2v) is 10.4. The van der Waals surface area contributed by atoms with Gasteiger partial charge in [0.15, 0.2) is 0 Å². The van der Waals surface area contributed by atoms with Gasteiger partial charge in [0, 0.05) is 0 Å². The van der Waals surface area contributed by atoms with Gasteiger partial charge in [-0.2, -0.15) is 0 Å². The van der Waals surface area contributed by atoms with E-state index in [0.717, 1.165) is 35.5 Å². The maximum Gasteiger partial charge on any atom is -0.00853 e. The first-order valence-corrected chi connectivity index (χ1v) is 10.6. The Kier molecular flexibility index (Phi) is 3.79. The van der Waals surface area contributed by atoms with Gasteiger partial charge < -0.3 is 0 Å². The summed E-state index contributed by atoms with van der Waals surface area (Å²) in [5.41, 5.74) is 3.03. The van der Waals surface area contributed by atoms with Gasteiger partial charge in [-0.25, -0.2) is 0 Å². The van der Waals surface area contributed by atoms with Gasteiger partial charge in [0.2, 0.25) is 0 Å². The number of rotatable bonds is 0. The second kappa shape index (κ2) is 5.37. The summed E-state index contributed by atoms with van der Waals surface area (Å²) in [6.07, 6.45) is 14.5. The smallest absolute Gasteiger partial charge is 0.00853 e. The summed E-state index contributed by atoms with van der Waals surface area (Å²) in [5, 5.41) is 0. The van der Waals surface area contributed by atoms with Crippen LogP contribution in [-0.2, 0) is 0 Å². The Bertz CT molecular complexity index is 502. The van der Waals surface area contributed by atoms with Gasteiger partial charge in [0.1, 0.15) is 0 Å². The van der Waals surface area contributed by atoms with Gasteiger partial charge in [-0.1, -0.05) is 39.3 Å². The Hall–Kier alpha value is -0.260. The summed E-state index contributed by atoms with van der Waals surface area (Å²) in [5.74, 6) is 6.00. The van der Waals surface area contributed by atoms with Crippen LogP contribution in [0.25, 0.3) is 0 Å². The predicted molar refractivity (Wildman–Crippen MR) is 99.2 cm³/mol. The van der Waals surface area contributed by atoms with E-state index in [1.165, 1.54) is 44.9 Å². The molecule has 0 N–H and O–H groups in total. The van der Waals surface area contributed by atoms with Gasteiger partial charge in [-0.05, 0) is 105 Å². The van der Waals surface area contributed by atoms with Crippen molar-refractivity contribution in [3.8, 4) is 0 Å². The minimum atomic E-state index is 0.562. The van der Waals surface area contributed by atoms with Crippen LogP contribution < -0.4 is 0 Å². The van der Waals surface area contributed by atoms with Crippen molar-refractivity contribution in [1.82, 2.24) is 0 Å². The summed E-state index contributed by atoms with van der Waals surface area (Å²) in [4.78, 5) is 0. The predicted octanol–water partition coefficient (Wildman–Crippen LogP) is 6.86. The second-order valence-electron chi connectivity index (χ2n) is 10.4. The van der Waals surface area contributed by atoms with Crippen molar-refractivity contribution in [3.63, 3.8) is 0 Å². The molecule has 0 spiro atoms. The molecule has 0 nitrogen and oxygen atoms in total. The lowest BCUT2D eigenvalue weighted by Crippen LogP contribution is -2.53. The molecule has 0 aromatic heterocycles. The third-order valence-electron chi connectivity index (χ3n) is 9.65. The zero-order valence-corrected chi connectivity index (χ0v) is 16.2. The van der Waals surface area contributed by atoms with Crippen LogP contribution >= 0.6 is 0 Å². The monoisotopic (exact) mass is 314 g/mol. The SMILES string of the molecule is CC=C1CC[C@H]2[C@@H]3CC[C@H]4C[C@H](C)[C@@H](C)C[C@]4(C)[C@H]3CC[C@]12C. The van der Waals surface area contributed by atoms with Gasteiger partial charge >= 0.3 is 0 Å². The van der Waals surface area contributed by atoms with E-state index in [1.807, 2.05) is 0 Å². The molecular formula is C23H38. The molecule has 0 saturated heterocycles. The Labute approximate surface area is 144 Å².